The van der Waals surface area contributed by atoms with Gasteiger partial charge in [0.25, 0.3) is 0 Å². The molecule has 0 spiro atoms. The summed E-state index contributed by atoms with van der Waals surface area (Å²) in [6.07, 6.45) is 3.37. The third kappa shape index (κ3) is 3.80. The van der Waals surface area contributed by atoms with Gasteiger partial charge >= 0.3 is 6.03 Å². The number of nitrogens with zero attached hydrogens (tertiary/aromatic N) is 2. The molecule has 1 fully saturated rings. The predicted molar refractivity (Wildman–Crippen MR) is 93.6 cm³/mol. The smallest absolute Gasteiger partial charge is 0.328 e. The van der Waals surface area contributed by atoms with Crippen LogP contribution in [-0.4, -0.2) is 36.5 Å². The van der Waals surface area contributed by atoms with Gasteiger partial charge in [0.15, 0.2) is 5.96 Å². The van der Waals surface area contributed by atoms with Gasteiger partial charge in [0.2, 0.25) is 0 Å². The Labute approximate surface area is 140 Å². The molecule has 120 valence electrons. The van der Waals surface area contributed by atoms with E-state index in [2.05, 4.69) is 21.2 Å². The highest BCUT2D eigenvalue weighted by atomic mass is 79.9. The molecule has 0 bridgehead atoms. The third-order valence-electron chi connectivity index (χ3n) is 3.92. The Morgan fingerprint density at radius 3 is 2.64 bits per heavy atom. The number of amides is 2. The molecular weight excluding hydrogens is 344 g/mol. The van der Waals surface area contributed by atoms with Crippen molar-refractivity contribution in [3.63, 3.8) is 0 Å². The summed E-state index contributed by atoms with van der Waals surface area (Å²) >= 11 is 3.51. The van der Waals surface area contributed by atoms with Crippen molar-refractivity contribution in [1.82, 2.24) is 10.2 Å². The lowest BCUT2D eigenvalue weighted by atomic mass is 10.1. The number of rotatable bonds is 2. The highest BCUT2D eigenvalue weighted by Crippen LogP contribution is 2.29. The van der Waals surface area contributed by atoms with Gasteiger partial charge < -0.3 is 4.90 Å². The Bertz CT molecular complexity index is 535. The number of carbonyl (C=O) groups is 1. The second-order valence-electron chi connectivity index (χ2n) is 5.48. The Morgan fingerprint density at radius 2 is 2.05 bits per heavy atom. The summed E-state index contributed by atoms with van der Waals surface area (Å²) in [5, 5.41) is 10.8. The van der Waals surface area contributed by atoms with E-state index < -0.39 is 0 Å². The van der Waals surface area contributed by atoms with Crippen LogP contribution in [0.25, 0.3) is 0 Å². The number of urea groups is 1. The maximum atomic E-state index is 12.6. The quantitative estimate of drug-likeness (QED) is 0.618. The van der Waals surface area contributed by atoms with Crippen LogP contribution in [0.2, 0.25) is 0 Å². The maximum absolute atomic E-state index is 12.6. The summed E-state index contributed by atoms with van der Waals surface area (Å²) in [4.78, 5) is 16.2. The number of nitrogens with one attached hydrogen (secondary N) is 2. The highest BCUT2D eigenvalue weighted by molar-refractivity contribution is 9.10. The topological polar surface area (TPSA) is 59.4 Å². The number of hydrogen-bond acceptors (Lipinski definition) is 2. The van der Waals surface area contributed by atoms with Crippen LogP contribution >= 0.6 is 15.9 Å². The molecular formula is C16H23BrN4O. The zero-order valence-electron chi connectivity index (χ0n) is 13.2. The molecule has 5 nitrogen and oxygen atoms in total. The van der Waals surface area contributed by atoms with E-state index >= 15 is 0 Å². The van der Waals surface area contributed by atoms with Crippen molar-refractivity contribution in [2.24, 2.45) is 0 Å². The minimum Gasteiger partial charge on any atom is -0.343 e. The number of para-hydroxylation sites is 1. The average molecular weight is 367 g/mol. The first kappa shape index (κ1) is 16.8. The minimum atomic E-state index is -0.256. The molecule has 1 saturated heterocycles. The molecule has 0 unspecified atom stereocenters. The Hall–Kier alpha value is -1.56. The molecule has 1 aliphatic rings. The molecule has 22 heavy (non-hydrogen) atoms. The third-order valence-corrected chi connectivity index (χ3v) is 4.56. The molecule has 2 rings (SSSR count). The fraction of sp³-hybridized carbons (Fsp3) is 0.500. The minimum absolute atomic E-state index is 0.202. The van der Waals surface area contributed by atoms with Crippen molar-refractivity contribution in [3.8, 4) is 0 Å². The molecule has 0 aliphatic carbocycles. The molecule has 2 N–H and O–H groups in total. The number of likely N-dealkylation sites (tertiary alicyclic amines) is 1. The van der Waals surface area contributed by atoms with Crippen molar-refractivity contribution >= 4 is 33.6 Å². The second kappa shape index (κ2) is 7.63. The van der Waals surface area contributed by atoms with Crippen molar-refractivity contribution < 1.29 is 4.79 Å². The molecule has 0 radical (unpaired) electrons. The lowest BCUT2D eigenvalue weighted by Crippen LogP contribution is -2.50. The van der Waals surface area contributed by atoms with Gasteiger partial charge in [0, 0.05) is 24.1 Å². The van der Waals surface area contributed by atoms with Gasteiger partial charge in [-0.05, 0) is 60.7 Å². The van der Waals surface area contributed by atoms with E-state index in [9.17, 15) is 4.79 Å². The number of guanidine groups is 1. The van der Waals surface area contributed by atoms with Crippen molar-refractivity contribution in [2.45, 2.75) is 33.1 Å². The zero-order valence-corrected chi connectivity index (χ0v) is 14.7. The highest BCUT2D eigenvalue weighted by Gasteiger charge is 2.21. The van der Waals surface area contributed by atoms with Crippen LogP contribution in [-0.2, 0) is 0 Å². The lowest BCUT2D eigenvalue weighted by Gasteiger charge is -2.31. The van der Waals surface area contributed by atoms with Gasteiger partial charge in [0.05, 0.1) is 5.69 Å². The first-order valence-corrected chi connectivity index (χ1v) is 8.51. The maximum Gasteiger partial charge on any atom is 0.328 e. The molecule has 0 saturated carbocycles. The van der Waals surface area contributed by atoms with Crippen LogP contribution in [0.5, 0.6) is 0 Å². The lowest BCUT2D eigenvalue weighted by molar-refractivity contribution is 0.248. The average Bonchev–Trinajstić information content (AvgIpc) is 2.51. The second-order valence-corrected chi connectivity index (χ2v) is 6.33. The SMILES string of the molecule is CCN(C(=O)NC(=N)N1CCCCC1)c1c(C)cccc1Br. The predicted octanol–water partition coefficient (Wildman–Crippen LogP) is 3.71. The van der Waals surface area contributed by atoms with Gasteiger partial charge in [-0.25, -0.2) is 4.79 Å². The Kier molecular flexibility index (Phi) is 5.83. The summed E-state index contributed by atoms with van der Waals surface area (Å²) < 4.78 is 0.883. The molecule has 1 heterocycles. The van der Waals surface area contributed by atoms with Gasteiger partial charge in [0.1, 0.15) is 0 Å². The standard InChI is InChI=1S/C16H23BrN4O/c1-3-21(14-12(2)8-7-9-13(14)17)16(22)19-15(18)20-10-5-4-6-11-20/h7-9H,3-6,10-11H2,1-2H3,(H2,18,19,22). The van der Waals surface area contributed by atoms with E-state index in [4.69, 9.17) is 5.41 Å². The Morgan fingerprint density at radius 1 is 1.36 bits per heavy atom. The van der Waals surface area contributed by atoms with E-state index in [1.807, 2.05) is 36.9 Å². The molecule has 6 heteroatoms. The normalized spacial score (nSPS) is 14.6. The monoisotopic (exact) mass is 366 g/mol. The first-order valence-electron chi connectivity index (χ1n) is 7.71. The van der Waals surface area contributed by atoms with Crippen LogP contribution in [0, 0.1) is 12.3 Å². The van der Waals surface area contributed by atoms with Gasteiger partial charge in [-0.2, -0.15) is 0 Å². The van der Waals surface area contributed by atoms with E-state index in [-0.39, 0.29) is 12.0 Å². The molecule has 0 aromatic heterocycles. The largest absolute Gasteiger partial charge is 0.343 e. The fourth-order valence-electron chi connectivity index (χ4n) is 2.73. The van der Waals surface area contributed by atoms with Crippen molar-refractivity contribution in [2.75, 3.05) is 24.5 Å². The van der Waals surface area contributed by atoms with Crippen LogP contribution < -0.4 is 10.2 Å². The van der Waals surface area contributed by atoms with Crippen LogP contribution in [0.4, 0.5) is 10.5 Å². The van der Waals surface area contributed by atoms with Crippen LogP contribution in [0.3, 0.4) is 0 Å². The Balaban J connectivity index is 2.10. The summed E-state index contributed by atoms with van der Waals surface area (Å²) in [7, 11) is 0. The number of piperidine rings is 1. The number of hydrogen-bond donors (Lipinski definition) is 2. The van der Waals surface area contributed by atoms with Gasteiger partial charge in [-0.15, -0.1) is 0 Å². The van der Waals surface area contributed by atoms with Gasteiger partial charge in [-0.3, -0.25) is 15.6 Å². The number of anilines is 1. The molecule has 1 aromatic rings. The molecule has 1 aliphatic heterocycles. The summed E-state index contributed by atoms with van der Waals surface area (Å²) in [5.74, 6) is 0.202. The molecule has 1 aromatic carbocycles. The van der Waals surface area contributed by atoms with Crippen molar-refractivity contribution in [3.05, 3.63) is 28.2 Å². The molecule has 0 atom stereocenters. The molecule has 2 amide bonds. The summed E-state index contributed by atoms with van der Waals surface area (Å²) in [6.45, 7) is 6.15. The number of halogens is 1. The van der Waals surface area contributed by atoms with Crippen LogP contribution in [0.15, 0.2) is 22.7 Å². The van der Waals surface area contributed by atoms with E-state index in [0.717, 1.165) is 41.7 Å². The first-order chi connectivity index (χ1) is 10.5. The zero-order chi connectivity index (χ0) is 16.1. The summed E-state index contributed by atoms with van der Waals surface area (Å²) in [5.41, 5.74) is 1.88. The number of benzene rings is 1. The van der Waals surface area contributed by atoms with Crippen LogP contribution in [0.1, 0.15) is 31.7 Å². The van der Waals surface area contributed by atoms with E-state index in [1.165, 1.54) is 6.42 Å². The summed E-state index contributed by atoms with van der Waals surface area (Å²) in [6, 6.07) is 5.60. The fourth-order valence-corrected chi connectivity index (χ4v) is 3.41. The number of aryl methyl sites for hydroxylation is 1. The number of carbonyl (C=O) groups excluding carboxylic acids is 1. The van der Waals surface area contributed by atoms with E-state index in [0.29, 0.717) is 6.54 Å². The van der Waals surface area contributed by atoms with E-state index in [1.54, 1.807) is 4.90 Å². The van der Waals surface area contributed by atoms with Gasteiger partial charge in [-0.1, -0.05) is 12.1 Å². The van der Waals surface area contributed by atoms with Crippen molar-refractivity contribution in [1.29, 1.82) is 5.41 Å².